The van der Waals surface area contributed by atoms with Gasteiger partial charge in [-0.2, -0.15) is 0 Å². The molecule has 3 unspecified atom stereocenters. The van der Waals surface area contributed by atoms with E-state index in [2.05, 4.69) is 0 Å². The van der Waals surface area contributed by atoms with Crippen molar-refractivity contribution < 1.29 is 26.9 Å². The van der Waals surface area contributed by atoms with Crippen LogP contribution in [0.25, 0.3) is 0 Å². The first-order valence-electron chi connectivity index (χ1n) is 12.5. The number of fused-ring (bicyclic) bond motifs is 3. The van der Waals surface area contributed by atoms with E-state index in [4.69, 9.17) is 20.4 Å². The Kier molecular flexibility index (Phi) is 2.54. The molecule has 0 bridgehead atoms. The summed E-state index contributed by atoms with van der Waals surface area (Å²) in [5.41, 5.74) is 0.797. The molecular formula is C19H29NO3. The lowest BCUT2D eigenvalue weighted by Gasteiger charge is -2.46. The highest BCUT2D eigenvalue weighted by Gasteiger charge is 2.38. The predicted octanol–water partition coefficient (Wildman–Crippen LogP) is 3.03. The van der Waals surface area contributed by atoms with Gasteiger partial charge in [0.1, 0.15) is 0 Å². The van der Waals surface area contributed by atoms with Crippen LogP contribution in [0.4, 0.5) is 0 Å². The molecule has 1 aromatic rings. The number of benzene rings is 1. The molecule has 0 spiro atoms. The zero-order valence-corrected chi connectivity index (χ0v) is 13.4. The van der Waals surface area contributed by atoms with Crippen LogP contribution < -0.4 is 9.47 Å². The van der Waals surface area contributed by atoms with E-state index in [0.717, 1.165) is 0 Å². The highest BCUT2D eigenvalue weighted by molar-refractivity contribution is 5.49. The summed E-state index contributed by atoms with van der Waals surface area (Å²) >= 11 is 0. The zero-order valence-electron chi connectivity index (χ0n) is 22.4. The molecule has 2 aliphatic rings. The van der Waals surface area contributed by atoms with Crippen molar-refractivity contribution in [3.63, 3.8) is 0 Å². The molecule has 2 aliphatic heterocycles. The molecule has 3 rings (SSSR count). The highest BCUT2D eigenvalue weighted by atomic mass is 16.5. The van der Waals surface area contributed by atoms with Gasteiger partial charge < -0.3 is 14.6 Å². The Morgan fingerprint density at radius 2 is 2.13 bits per heavy atom. The molecule has 0 aromatic heterocycles. The summed E-state index contributed by atoms with van der Waals surface area (Å²) < 4.78 is 81.0. The number of rotatable bonds is 4. The lowest BCUT2D eigenvalue weighted by atomic mass is 9.79. The maximum absolute atomic E-state index is 10.8. The SMILES string of the molecule is [2H]C([2H])([2H])Oc1cc2c(cc1OC([2H])([2H])[2H])C1([2H])CC(O)C(CC(C)C)C([2H])([2H])N1CC2. The molecule has 0 radical (unpaired) electrons. The number of aliphatic hydroxyl groups excluding tert-OH is 1. The van der Waals surface area contributed by atoms with Crippen molar-refractivity contribution in [2.24, 2.45) is 11.8 Å². The van der Waals surface area contributed by atoms with E-state index in [-0.39, 0.29) is 35.9 Å². The highest BCUT2D eigenvalue weighted by Crippen LogP contribution is 2.43. The molecular weight excluding hydrogens is 290 g/mol. The second kappa shape index (κ2) is 6.70. The first kappa shape index (κ1) is 8.72. The monoisotopic (exact) mass is 328 g/mol. The van der Waals surface area contributed by atoms with Gasteiger partial charge >= 0.3 is 0 Å². The summed E-state index contributed by atoms with van der Waals surface area (Å²) in [6.45, 7) is 2.10. The number of ether oxygens (including phenoxy) is 2. The predicted molar refractivity (Wildman–Crippen MR) is 91.1 cm³/mol. The summed E-state index contributed by atoms with van der Waals surface area (Å²) in [5.74, 6) is -1.18. The quantitative estimate of drug-likeness (QED) is 0.922. The van der Waals surface area contributed by atoms with Gasteiger partial charge in [-0.05, 0) is 54.4 Å². The third-order valence-corrected chi connectivity index (χ3v) is 4.54. The molecule has 1 aromatic carbocycles. The second-order valence-electron chi connectivity index (χ2n) is 6.65. The zero-order chi connectivity index (χ0) is 24.3. The van der Waals surface area contributed by atoms with Crippen LogP contribution in [0.1, 0.15) is 56.2 Å². The molecule has 0 saturated carbocycles. The summed E-state index contributed by atoms with van der Waals surface area (Å²) in [6, 6.07) is 0.904. The van der Waals surface area contributed by atoms with Gasteiger partial charge in [0.25, 0.3) is 0 Å². The van der Waals surface area contributed by atoms with Crippen LogP contribution in [0.2, 0.25) is 0 Å². The third-order valence-electron chi connectivity index (χ3n) is 4.54. The Balaban J connectivity index is 2.11. The molecule has 4 heteroatoms. The third kappa shape index (κ3) is 3.20. The minimum absolute atomic E-state index is 0.0798. The standard InChI is InChI=1S/C19H29NO3/c1-12(2)7-14-11-20-6-5-13-8-18(22-3)19(23-4)9-15(13)16(20)10-17(14)21/h8-9,12,14,16-17,21H,5-7,10-11H2,1-4H3/i3D3,4D3,11D2,16D. The van der Waals surface area contributed by atoms with Gasteiger partial charge in [-0.25, -0.2) is 0 Å². The van der Waals surface area contributed by atoms with Crippen molar-refractivity contribution in [3.8, 4) is 11.5 Å². The Bertz CT molecular complexity index is 856. The first-order chi connectivity index (χ1) is 14.4. The van der Waals surface area contributed by atoms with Crippen LogP contribution in [-0.2, 0) is 6.42 Å². The van der Waals surface area contributed by atoms with Crippen LogP contribution >= 0.6 is 0 Å². The summed E-state index contributed by atoms with van der Waals surface area (Å²) in [5, 5.41) is 10.8. The largest absolute Gasteiger partial charge is 0.493 e. The van der Waals surface area contributed by atoms with Crippen LogP contribution in [0.15, 0.2) is 12.1 Å². The average Bonchev–Trinajstić information content (AvgIpc) is 2.56. The minimum atomic E-state index is -2.90. The fourth-order valence-corrected chi connectivity index (χ4v) is 3.46. The maximum Gasteiger partial charge on any atom is 0.161 e. The van der Waals surface area contributed by atoms with E-state index in [1.807, 2.05) is 13.8 Å². The van der Waals surface area contributed by atoms with Crippen molar-refractivity contribution >= 4 is 0 Å². The smallest absolute Gasteiger partial charge is 0.161 e. The van der Waals surface area contributed by atoms with Crippen LogP contribution in [0, 0.1) is 11.8 Å². The lowest BCUT2D eigenvalue weighted by molar-refractivity contribution is -0.0191. The van der Waals surface area contributed by atoms with E-state index in [0.29, 0.717) is 18.4 Å². The summed E-state index contributed by atoms with van der Waals surface area (Å²) in [4.78, 5) is 1.41. The number of aliphatic hydroxyl groups is 1. The van der Waals surface area contributed by atoms with Crippen molar-refractivity contribution in [1.29, 1.82) is 0 Å². The van der Waals surface area contributed by atoms with E-state index < -0.39 is 38.6 Å². The maximum atomic E-state index is 10.8. The Labute approximate surface area is 152 Å². The molecule has 0 amide bonds. The number of methoxy groups -OCH3 is 2. The number of piperidine rings is 1. The minimum Gasteiger partial charge on any atom is -0.493 e. The van der Waals surface area contributed by atoms with Crippen LogP contribution in [0.3, 0.4) is 0 Å². The van der Waals surface area contributed by atoms with E-state index >= 15 is 0 Å². The van der Waals surface area contributed by atoms with Crippen molar-refractivity contribution in [2.75, 3.05) is 27.1 Å². The topological polar surface area (TPSA) is 41.9 Å². The second-order valence-corrected chi connectivity index (χ2v) is 6.65. The van der Waals surface area contributed by atoms with Crippen LogP contribution in [0.5, 0.6) is 11.5 Å². The molecule has 0 aliphatic carbocycles. The van der Waals surface area contributed by atoms with E-state index in [1.165, 1.54) is 17.0 Å². The number of hydrogen-bond acceptors (Lipinski definition) is 4. The fourth-order valence-electron chi connectivity index (χ4n) is 3.46. The van der Waals surface area contributed by atoms with Crippen LogP contribution in [-0.4, -0.2) is 43.2 Å². The van der Waals surface area contributed by atoms with Gasteiger partial charge in [0.2, 0.25) is 0 Å². The number of nitrogens with zero attached hydrogens (tertiary/aromatic N) is 1. The van der Waals surface area contributed by atoms with Gasteiger partial charge in [0.15, 0.2) is 11.5 Å². The van der Waals surface area contributed by atoms with E-state index in [1.54, 1.807) is 0 Å². The molecule has 1 fully saturated rings. The fraction of sp³-hybridized carbons (Fsp3) is 0.684. The average molecular weight is 328 g/mol. The van der Waals surface area contributed by atoms with Crippen molar-refractivity contribution in [1.82, 2.24) is 4.90 Å². The van der Waals surface area contributed by atoms with Gasteiger partial charge in [0, 0.05) is 21.8 Å². The number of hydrogen-bond donors (Lipinski definition) is 1. The van der Waals surface area contributed by atoms with Gasteiger partial charge in [-0.3, -0.25) is 4.90 Å². The molecule has 1 saturated heterocycles. The van der Waals surface area contributed by atoms with Gasteiger partial charge in [-0.15, -0.1) is 0 Å². The van der Waals surface area contributed by atoms with Gasteiger partial charge in [0.05, 0.1) is 29.8 Å². The molecule has 23 heavy (non-hydrogen) atoms. The lowest BCUT2D eigenvalue weighted by Crippen LogP contribution is -2.48. The molecule has 4 nitrogen and oxygen atoms in total. The van der Waals surface area contributed by atoms with Crippen molar-refractivity contribution in [3.05, 3.63) is 23.3 Å². The molecule has 1 N–H and O–H groups in total. The Hall–Kier alpha value is -1.26. The summed E-state index contributed by atoms with van der Waals surface area (Å²) in [7, 11) is -5.74. The Morgan fingerprint density at radius 3 is 2.83 bits per heavy atom. The first-order valence-corrected chi connectivity index (χ1v) is 7.95. The van der Waals surface area contributed by atoms with Gasteiger partial charge in [-0.1, -0.05) is 13.8 Å². The molecule has 2 heterocycles. The van der Waals surface area contributed by atoms with Crippen molar-refractivity contribution in [2.45, 2.75) is 45.2 Å². The molecule has 128 valence electrons. The van der Waals surface area contributed by atoms with E-state index in [9.17, 15) is 6.48 Å². The summed E-state index contributed by atoms with van der Waals surface area (Å²) in [6.07, 6.45) is -0.418. The normalized spacial score (nSPS) is 39.7. The Morgan fingerprint density at radius 1 is 1.39 bits per heavy atom. The molecule has 3 atom stereocenters.